The molecule has 1 saturated heterocycles. The molecule has 3 heterocycles. The highest BCUT2D eigenvalue weighted by atomic mass is 16.6. The molecule has 0 spiro atoms. The zero-order chi connectivity index (χ0) is 19.3. The van der Waals surface area contributed by atoms with Crippen molar-refractivity contribution in [3.05, 3.63) is 47.3 Å². The SMILES string of the molecule is Nc1nonc1-n1nnc(C(=O)N/N=C/c2ccccc2)c1CN1CCCC1. The van der Waals surface area contributed by atoms with E-state index in [1.807, 2.05) is 30.3 Å². The molecule has 1 fully saturated rings. The summed E-state index contributed by atoms with van der Waals surface area (Å²) >= 11 is 0. The molecule has 2 aromatic heterocycles. The molecule has 0 radical (unpaired) electrons. The van der Waals surface area contributed by atoms with Crippen molar-refractivity contribution in [2.24, 2.45) is 5.10 Å². The molecule has 11 nitrogen and oxygen atoms in total. The minimum atomic E-state index is -0.470. The van der Waals surface area contributed by atoms with Crippen LogP contribution in [-0.4, -0.2) is 55.4 Å². The second-order valence-electron chi connectivity index (χ2n) is 6.36. The molecule has 1 aromatic carbocycles. The van der Waals surface area contributed by atoms with Gasteiger partial charge in [-0.25, -0.2) is 10.1 Å². The van der Waals surface area contributed by atoms with Crippen molar-refractivity contribution in [1.29, 1.82) is 0 Å². The lowest BCUT2D eigenvalue weighted by atomic mass is 10.2. The van der Waals surface area contributed by atoms with Crippen LogP contribution in [-0.2, 0) is 6.54 Å². The average molecular weight is 381 g/mol. The Morgan fingerprint density at radius 1 is 1.25 bits per heavy atom. The molecule has 0 bridgehead atoms. The number of nitrogen functional groups attached to an aromatic ring is 1. The Morgan fingerprint density at radius 3 is 2.75 bits per heavy atom. The van der Waals surface area contributed by atoms with E-state index in [1.165, 1.54) is 4.68 Å². The number of carbonyl (C=O) groups is 1. The lowest BCUT2D eigenvalue weighted by Gasteiger charge is -2.15. The molecule has 144 valence electrons. The van der Waals surface area contributed by atoms with Crippen molar-refractivity contribution < 1.29 is 9.42 Å². The smallest absolute Gasteiger partial charge is 0.293 e. The Kier molecular flexibility index (Phi) is 5.06. The van der Waals surface area contributed by atoms with Gasteiger partial charge in [-0.3, -0.25) is 9.69 Å². The van der Waals surface area contributed by atoms with Gasteiger partial charge in [-0.1, -0.05) is 35.5 Å². The maximum absolute atomic E-state index is 12.6. The van der Waals surface area contributed by atoms with E-state index in [0.717, 1.165) is 31.5 Å². The molecule has 0 aliphatic carbocycles. The summed E-state index contributed by atoms with van der Waals surface area (Å²) in [6.07, 6.45) is 3.78. The Hall–Kier alpha value is -3.60. The molecule has 1 aliphatic heterocycles. The Bertz CT molecular complexity index is 974. The van der Waals surface area contributed by atoms with E-state index in [4.69, 9.17) is 5.73 Å². The molecule has 3 N–H and O–H groups in total. The maximum Gasteiger partial charge on any atom is 0.293 e. The first-order valence-corrected chi connectivity index (χ1v) is 8.86. The first kappa shape index (κ1) is 17.8. The number of nitrogens with one attached hydrogen (secondary N) is 1. The van der Waals surface area contributed by atoms with Gasteiger partial charge in [0.05, 0.1) is 11.9 Å². The number of benzene rings is 1. The van der Waals surface area contributed by atoms with Crippen LogP contribution in [0.3, 0.4) is 0 Å². The number of carbonyl (C=O) groups excluding carboxylic acids is 1. The highest BCUT2D eigenvalue weighted by molar-refractivity contribution is 5.94. The van der Waals surface area contributed by atoms with Gasteiger partial charge in [0.1, 0.15) is 0 Å². The monoisotopic (exact) mass is 381 g/mol. The molecule has 0 saturated carbocycles. The molecular weight excluding hydrogens is 362 g/mol. The van der Waals surface area contributed by atoms with E-state index < -0.39 is 5.91 Å². The van der Waals surface area contributed by atoms with Crippen LogP contribution in [0.25, 0.3) is 5.82 Å². The van der Waals surface area contributed by atoms with E-state index in [0.29, 0.717) is 12.2 Å². The second-order valence-corrected chi connectivity index (χ2v) is 6.36. The van der Waals surface area contributed by atoms with Gasteiger partial charge >= 0.3 is 0 Å². The van der Waals surface area contributed by atoms with Gasteiger partial charge in [-0.2, -0.15) is 9.78 Å². The van der Waals surface area contributed by atoms with Crippen LogP contribution in [0.1, 0.15) is 34.6 Å². The number of likely N-dealkylation sites (tertiary alicyclic amines) is 1. The quantitative estimate of drug-likeness (QED) is 0.467. The summed E-state index contributed by atoms with van der Waals surface area (Å²) in [6, 6.07) is 9.44. The third-order valence-electron chi connectivity index (χ3n) is 4.43. The molecule has 28 heavy (non-hydrogen) atoms. The van der Waals surface area contributed by atoms with E-state index in [1.54, 1.807) is 6.21 Å². The van der Waals surface area contributed by atoms with E-state index in [2.05, 4.69) is 40.7 Å². The van der Waals surface area contributed by atoms with Crippen molar-refractivity contribution in [3.63, 3.8) is 0 Å². The van der Waals surface area contributed by atoms with Crippen LogP contribution in [0.4, 0.5) is 5.82 Å². The topological polar surface area (TPSA) is 140 Å². The molecule has 4 rings (SSSR count). The number of rotatable bonds is 6. The zero-order valence-corrected chi connectivity index (χ0v) is 15.0. The predicted molar refractivity (Wildman–Crippen MR) is 99.6 cm³/mol. The molecule has 0 unspecified atom stereocenters. The highest BCUT2D eigenvalue weighted by Crippen LogP contribution is 2.19. The van der Waals surface area contributed by atoms with Gasteiger partial charge in [0.25, 0.3) is 5.91 Å². The summed E-state index contributed by atoms with van der Waals surface area (Å²) in [7, 11) is 0. The van der Waals surface area contributed by atoms with Crippen LogP contribution in [0, 0.1) is 0 Å². The number of hydrogen-bond donors (Lipinski definition) is 2. The van der Waals surface area contributed by atoms with Crippen molar-refractivity contribution in [2.75, 3.05) is 18.8 Å². The molecule has 1 aliphatic rings. The summed E-state index contributed by atoms with van der Waals surface area (Å²) in [4.78, 5) is 14.9. The van der Waals surface area contributed by atoms with Gasteiger partial charge in [0, 0.05) is 6.54 Å². The molecule has 1 amide bonds. The lowest BCUT2D eigenvalue weighted by Crippen LogP contribution is -2.25. The van der Waals surface area contributed by atoms with Crippen LogP contribution in [0.2, 0.25) is 0 Å². The molecule has 0 atom stereocenters. The second kappa shape index (κ2) is 7.96. The summed E-state index contributed by atoms with van der Waals surface area (Å²) in [5.41, 5.74) is 9.85. The maximum atomic E-state index is 12.6. The number of hydrazone groups is 1. The van der Waals surface area contributed by atoms with E-state index >= 15 is 0 Å². The van der Waals surface area contributed by atoms with E-state index in [9.17, 15) is 4.79 Å². The molecule has 3 aromatic rings. The van der Waals surface area contributed by atoms with Gasteiger partial charge in [-0.05, 0) is 41.8 Å². The van der Waals surface area contributed by atoms with Gasteiger partial charge in [-0.15, -0.1) is 5.10 Å². The minimum Gasteiger partial charge on any atom is -0.378 e. The Morgan fingerprint density at radius 2 is 2.04 bits per heavy atom. The van der Waals surface area contributed by atoms with Crippen molar-refractivity contribution in [1.82, 2.24) is 35.6 Å². The fourth-order valence-electron chi connectivity index (χ4n) is 3.04. The average Bonchev–Trinajstić information content (AvgIpc) is 3.44. The Balaban J connectivity index is 1.58. The zero-order valence-electron chi connectivity index (χ0n) is 15.0. The van der Waals surface area contributed by atoms with E-state index in [-0.39, 0.29) is 17.3 Å². The number of aromatic nitrogens is 5. The fourth-order valence-corrected chi connectivity index (χ4v) is 3.04. The third kappa shape index (κ3) is 3.74. The number of nitrogens with zero attached hydrogens (tertiary/aromatic N) is 7. The summed E-state index contributed by atoms with van der Waals surface area (Å²) in [6.45, 7) is 2.35. The predicted octanol–water partition coefficient (Wildman–Crippen LogP) is 0.592. The van der Waals surface area contributed by atoms with Crippen LogP contribution >= 0.6 is 0 Å². The third-order valence-corrected chi connectivity index (χ3v) is 4.43. The first-order chi connectivity index (χ1) is 13.7. The van der Waals surface area contributed by atoms with Gasteiger partial charge in [0.15, 0.2) is 5.69 Å². The number of amides is 1. The fraction of sp³-hybridized carbons (Fsp3) is 0.294. The molecule has 11 heteroatoms. The number of hydrogen-bond acceptors (Lipinski definition) is 9. The number of anilines is 1. The van der Waals surface area contributed by atoms with Crippen LogP contribution in [0.15, 0.2) is 40.1 Å². The van der Waals surface area contributed by atoms with Crippen molar-refractivity contribution in [3.8, 4) is 5.82 Å². The highest BCUT2D eigenvalue weighted by Gasteiger charge is 2.26. The largest absolute Gasteiger partial charge is 0.378 e. The lowest BCUT2D eigenvalue weighted by molar-refractivity contribution is 0.0948. The minimum absolute atomic E-state index is 0.0710. The number of nitrogens with two attached hydrogens (primary N) is 1. The van der Waals surface area contributed by atoms with Crippen LogP contribution in [0.5, 0.6) is 0 Å². The van der Waals surface area contributed by atoms with Crippen molar-refractivity contribution >= 4 is 17.9 Å². The Labute approximate surface area is 160 Å². The molecular formula is C17H19N9O2. The summed E-state index contributed by atoms with van der Waals surface area (Å²) < 4.78 is 6.05. The summed E-state index contributed by atoms with van der Waals surface area (Å²) in [5.74, 6) is -0.196. The van der Waals surface area contributed by atoms with Gasteiger partial charge in [0.2, 0.25) is 11.6 Å². The van der Waals surface area contributed by atoms with Crippen molar-refractivity contribution in [2.45, 2.75) is 19.4 Å². The normalized spacial score (nSPS) is 14.7. The van der Waals surface area contributed by atoms with Crippen LogP contribution < -0.4 is 11.2 Å². The van der Waals surface area contributed by atoms with Gasteiger partial charge < -0.3 is 5.73 Å². The first-order valence-electron chi connectivity index (χ1n) is 8.86. The summed E-state index contributed by atoms with van der Waals surface area (Å²) in [5, 5.41) is 19.4. The standard InChI is InChI=1S/C17H19N9O2/c18-15-16(23-28-22-15)26-13(11-25-8-4-5-9-25)14(20-24-26)17(27)21-19-10-12-6-2-1-3-7-12/h1-3,6-7,10H,4-5,8-9,11H2,(H2,18,22)(H,21,27)/b19-10+.